The van der Waals surface area contributed by atoms with Gasteiger partial charge >= 0.3 is 0 Å². The van der Waals surface area contributed by atoms with Gasteiger partial charge in [-0.2, -0.15) is 0 Å². The molecule has 2 aliphatic rings. The average Bonchev–Trinajstić information content (AvgIpc) is 3.04. The van der Waals surface area contributed by atoms with Gasteiger partial charge in [-0.3, -0.25) is 4.79 Å². The molecule has 0 aromatic heterocycles. The second-order valence-corrected chi connectivity index (χ2v) is 8.95. The Bertz CT molecular complexity index is 809. The first-order valence-electron chi connectivity index (χ1n) is 10.2. The summed E-state index contributed by atoms with van der Waals surface area (Å²) in [7, 11) is 0. The van der Waals surface area contributed by atoms with Crippen molar-refractivity contribution in [2.75, 3.05) is 31.9 Å². The Balaban J connectivity index is 0.00000240. The third kappa shape index (κ3) is 5.74. The predicted octanol–water partition coefficient (Wildman–Crippen LogP) is 5.10. The fourth-order valence-electron chi connectivity index (χ4n) is 4.18. The third-order valence-corrected chi connectivity index (χ3v) is 6.88. The lowest BCUT2D eigenvalue weighted by Gasteiger charge is -2.33. The van der Waals surface area contributed by atoms with Crippen LogP contribution in [0.15, 0.2) is 53.4 Å². The number of amides is 1. The zero-order valence-electron chi connectivity index (χ0n) is 16.6. The molecule has 4 rings (SSSR count). The molecule has 0 saturated carbocycles. The average molecular weight is 435 g/mol. The summed E-state index contributed by atoms with van der Waals surface area (Å²) >= 11 is 1.80. The summed E-state index contributed by atoms with van der Waals surface area (Å²) in [5.41, 5.74) is 2.06. The molecule has 29 heavy (non-hydrogen) atoms. The highest BCUT2D eigenvalue weighted by Crippen LogP contribution is 2.26. The molecule has 2 heterocycles. The molecule has 0 radical (unpaired) electrons. The summed E-state index contributed by atoms with van der Waals surface area (Å²) in [6, 6.07) is 14.7. The highest BCUT2D eigenvalue weighted by Gasteiger charge is 2.29. The Kier molecular flexibility index (Phi) is 7.99. The van der Waals surface area contributed by atoms with Crippen molar-refractivity contribution in [3.63, 3.8) is 0 Å². The smallest absolute Gasteiger partial charge is 0.254 e. The Morgan fingerprint density at radius 1 is 1.03 bits per heavy atom. The number of nitrogens with zero attached hydrogens (tertiary/aromatic N) is 2. The zero-order valence-corrected chi connectivity index (χ0v) is 18.2. The molecule has 6 heteroatoms. The van der Waals surface area contributed by atoms with E-state index in [-0.39, 0.29) is 24.1 Å². The minimum absolute atomic E-state index is 0. The van der Waals surface area contributed by atoms with E-state index in [4.69, 9.17) is 0 Å². The summed E-state index contributed by atoms with van der Waals surface area (Å²) in [6.07, 6.45) is 3.49. The Morgan fingerprint density at radius 2 is 1.76 bits per heavy atom. The van der Waals surface area contributed by atoms with Crippen LogP contribution in [0.25, 0.3) is 0 Å². The summed E-state index contributed by atoms with van der Waals surface area (Å²) in [4.78, 5) is 18.2. The number of benzene rings is 2. The number of carbonyl (C=O) groups excluding carboxylic acids is 1. The lowest BCUT2D eigenvalue weighted by atomic mass is 9.96. The van der Waals surface area contributed by atoms with E-state index < -0.39 is 0 Å². The van der Waals surface area contributed by atoms with E-state index in [1.807, 2.05) is 35.2 Å². The van der Waals surface area contributed by atoms with Gasteiger partial charge in [-0.1, -0.05) is 18.2 Å². The van der Waals surface area contributed by atoms with Crippen molar-refractivity contribution in [1.82, 2.24) is 9.80 Å². The second-order valence-electron chi connectivity index (χ2n) is 7.78. The van der Waals surface area contributed by atoms with E-state index in [0.717, 1.165) is 55.4 Å². The van der Waals surface area contributed by atoms with E-state index in [1.54, 1.807) is 11.8 Å². The van der Waals surface area contributed by atoms with Crippen molar-refractivity contribution in [2.45, 2.75) is 30.7 Å². The topological polar surface area (TPSA) is 23.6 Å². The minimum atomic E-state index is -0.174. The third-order valence-electron chi connectivity index (χ3n) is 5.78. The molecule has 3 nitrogen and oxygen atoms in total. The molecule has 0 aliphatic carbocycles. The van der Waals surface area contributed by atoms with Crippen LogP contribution in [0.4, 0.5) is 4.39 Å². The van der Waals surface area contributed by atoms with Crippen molar-refractivity contribution in [3.8, 4) is 0 Å². The summed E-state index contributed by atoms with van der Waals surface area (Å²) in [5.74, 6) is 1.71. The number of hydrogen-bond donors (Lipinski definition) is 0. The quantitative estimate of drug-likeness (QED) is 0.447. The standard InChI is InChI=1S/C23H27FN2OS.ClH/c24-20-6-8-21(9-7-20)28-15-3-12-25-13-10-18(11-14-25)16-26-17-19-4-1-2-5-22(19)23(26)27;/h1-2,4-9,18H,3,10-17H2;1H. The van der Waals surface area contributed by atoms with Gasteiger partial charge in [0.15, 0.2) is 0 Å². The van der Waals surface area contributed by atoms with Crippen molar-refractivity contribution in [3.05, 3.63) is 65.5 Å². The van der Waals surface area contributed by atoms with Gasteiger partial charge in [-0.15, -0.1) is 24.2 Å². The van der Waals surface area contributed by atoms with Crippen molar-refractivity contribution in [1.29, 1.82) is 0 Å². The Labute approximate surface area is 183 Å². The molecule has 0 atom stereocenters. The SMILES string of the molecule is Cl.O=C1c2ccccc2CN1CC1CCN(CCCSc2ccc(F)cc2)CC1. The van der Waals surface area contributed by atoms with Crippen LogP contribution in [0, 0.1) is 11.7 Å². The van der Waals surface area contributed by atoms with Crippen LogP contribution in [0.5, 0.6) is 0 Å². The second kappa shape index (κ2) is 10.5. The highest BCUT2D eigenvalue weighted by molar-refractivity contribution is 7.99. The van der Waals surface area contributed by atoms with Gasteiger partial charge in [-0.05, 0) is 86.5 Å². The molecule has 0 bridgehead atoms. The predicted molar refractivity (Wildman–Crippen MR) is 119 cm³/mol. The first-order valence-corrected chi connectivity index (χ1v) is 11.2. The van der Waals surface area contributed by atoms with Crippen LogP contribution in [0.3, 0.4) is 0 Å². The van der Waals surface area contributed by atoms with Crippen LogP contribution in [-0.2, 0) is 6.54 Å². The monoisotopic (exact) mass is 434 g/mol. The molecule has 156 valence electrons. The molecule has 2 aliphatic heterocycles. The lowest BCUT2D eigenvalue weighted by Crippen LogP contribution is -2.39. The molecule has 0 unspecified atom stereocenters. The Morgan fingerprint density at radius 3 is 2.48 bits per heavy atom. The molecular weight excluding hydrogens is 407 g/mol. The largest absolute Gasteiger partial charge is 0.334 e. The van der Waals surface area contributed by atoms with Gasteiger partial charge in [0.2, 0.25) is 0 Å². The van der Waals surface area contributed by atoms with Gasteiger partial charge in [0.05, 0.1) is 0 Å². The van der Waals surface area contributed by atoms with Crippen molar-refractivity contribution in [2.24, 2.45) is 5.92 Å². The van der Waals surface area contributed by atoms with Crippen LogP contribution in [-0.4, -0.2) is 47.6 Å². The van der Waals surface area contributed by atoms with Crippen LogP contribution >= 0.6 is 24.2 Å². The fourth-order valence-corrected chi connectivity index (χ4v) is 5.01. The summed E-state index contributed by atoms with van der Waals surface area (Å²) in [6.45, 7) is 5.04. The summed E-state index contributed by atoms with van der Waals surface area (Å²) in [5, 5.41) is 0. The number of fused-ring (bicyclic) bond motifs is 1. The van der Waals surface area contributed by atoms with E-state index in [2.05, 4.69) is 11.0 Å². The normalized spacial score (nSPS) is 17.3. The summed E-state index contributed by atoms with van der Waals surface area (Å²) < 4.78 is 12.9. The maximum atomic E-state index is 12.9. The molecule has 1 fully saturated rings. The zero-order chi connectivity index (χ0) is 19.3. The Hall–Kier alpha value is -1.56. The van der Waals surface area contributed by atoms with E-state index >= 15 is 0 Å². The molecule has 2 aromatic carbocycles. The van der Waals surface area contributed by atoms with Gasteiger partial charge < -0.3 is 9.80 Å². The fraction of sp³-hybridized carbons (Fsp3) is 0.435. The first kappa shape index (κ1) is 22.1. The number of thioether (sulfide) groups is 1. The maximum absolute atomic E-state index is 12.9. The van der Waals surface area contributed by atoms with E-state index in [9.17, 15) is 9.18 Å². The first-order chi connectivity index (χ1) is 13.7. The highest BCUT2D eigenvalue weighted by atomic mass is 35.5. The number of rotatable bonds is 7. The maximum Gasteiger partial charge on any atom is 0.254 e. The number of carbonyl (C=O) groups is 1. The molecule has 1 saturated heterocycles. The van der Waals surface area contributed by atoms with Gasteiger partial charge in [-0.25, -0.2) is 4.39 Å². The van der Waals surface area contributed by atoms with Crippen LogP contribution < -0.4 is 0 Å². The minimum Gasteiger partial charge on any atom is -0.334 e. The van der Waals surface area contributed by atoms with Gasteiger partial charge in [0, 0.05) is 23.5 Å². The van der Waals surface area contributed by atoms with E-state index in [0.29, 0.717) is 5.92 Å². The molecule has 2 aromatic rings. The molecule has 0 spiro atoms. The van der Waals surface area contributed by atoms with E-state index in [1.165, 1.54) is 30.5 Å². The molecular formula is C23H28ClFN2OS. The number of piperidine rings is 1. The number of halogens is 2. The van der Waals surface area contributed by atoms with Crippen molar-refractivity contribution < 1.29 is 9.18 Å². The van der Waals surface area contributed by atoms with Crippen LogP contribution in [0.1, 0.15) is 35.2 Å². The number of hydrogen-bond acceptors (Lipinski definition) is 3. The number of likely N-dealkylation sites (tertiary alicyclic amines) is 1. The molecule has 1 amide bonds. The molecule has 0 N–H and O–H groups in total. The van der Waals surface area contributed by atoms with Crippen molar-refractivity contribution >= 4 is 30.1 Å². The van der Waals surface area contributed by atoms with Gasteiger partial charge in [0.1, 0.15) is 5.82 Å². The van der Waals surface area contributed by atoms with Gasteiger partial charge in [0.25, 0.3) is 5.91 Å². The lowest BCUT2D eigenvalue weighted by molar-refractivity contribution is 0.0714. The van der Waals surface area contributed by atoms with Crippen LogP contribution in [0.2, 0.25) is 0 Å².